The Hall–Kier alpha value is -2.54. The average Bonchev–Trinajstić information content (AvgIpc) is 2.47. The summed E-state index contributed by atoms with van der Waals surface area (Å²) < 4.78 is 32.2. The molecule has 0 atom stereocenters. The number of anilines is 1. The summed E-state index contributed by atoms with van der Waals surface area (Å²) in [5.74, 6) is -0.984. The van der Waals surface area contributed by atoms with E-state index in [4.69, 9.17) is 9.84 Å². The number of carbonyl (C=O) groups is 1. The van der Waals surface area contributed by atoms with Gasteiger partial charge in [-0.1, -0.05) is 12.1 Å². The number of aryl methyl sites for hydroxylation is 1. The minimum Gasteiger partial charge on any atom is -0.495 e. The van der Waals surface area contributed by atoms with Crippen molar-refractivity contribution in [1.82, 2.24) is 0 Å². The molecule has 0 aliphatic carbocycles. The molecule has 22 heavy (non-hydrogen) atoms. The second-order valence-corrected chi connectivity index (χ2v) is 6.32. The molecule has 2 aromatic carbocycles. The van der Waals surface area contributed by atoms with Gasteiger partial charge in [0, 0.05) is 0 Å². The maximum Gasteiger partial charge on any atom is 0.335 e. The van der Waals surface area contributed by atoms with E-state index in [1.54, 1.807) is 25.1 Å². The first kappa shape index (κ1) is 15.8. The third-order valence-electron chi connectivity index (χ3n) is 2.99. The highest BCUT2D eigenvalue weighted by Gasteiger charge is 2.17. The molecule has 116 valence electrons. The molecule has 0 saturated carbocycles. The molecule has 0 aliphatic rings. The number of carboxylic acids is 1. The first-order chi connectivity index (χ1) is 10.3. The van der Waals surface area contributed by atoms with Crippen LogP contribution in [-0.4, -0.2) is 26.6 Å². The Bertz CT molecular complexity index is 814. The fraction of sp³-hybridized carbons (Fsp3) is 0.133. The van der Waals surface area contributed by atoms with Gasteiger partial charge in [-0.05, 0) is 42.8 Å². The van der Waals surface area contributed by atoms with Crippen LogP contribution < -0.4 is 9.46 Å². The predicted octanol–water partition coefficient (Wildman–Crippen LogP) is 2.50. The molecular formula is C15H15NO5S. The molecule has 0 saturated heterocycles. The fourth-order valence-electron chi connectivity index (χ4n) is 1.89. The Morgan fingerprint density at radius 2 is 1.91 bits per heavy atom. The third kappa shape index (κ3) is 3.37. The van der Waals surface area contributed by atoms with E-state index in [0.717, 1.165) is 5.56 Å². The average molecular weight is 321 g/mol. The number of carboxylic acid groups (broad SMARTS) is 1. The number of aromatic carboxylic acids is 1. The standard InChI is InChI=1S/C15H15NO5S/c1-10-4-3-5-12(8-10)22(19,20)16-13-7-6-11(15(17)18)9-14(13)21-2/h3-9,16H,1-2H3,(H,17,18). The molecule has 2 rings (SSSR count). The van der Waals surface area contributed by atoms with Crippen molar-refractivity contribution in [1.29, 1.82) is 0 Å². The van der Waals surface area contributed by atoms with E-state index in [9.17, 15) is 13.2 Å². The van der Waals surface area contributed by atoms with Gasteiger partial charge in [0.05, 0.1) is 23.3 Å². The van der Waals surface area contributed by atoms with Crippen LogP contribution in [-0.2, 0) is 10.0 Å². The smallest absolute Gasteiger partial charge is 0.335 e. The molecule has 0 heterocycles. The topological polar surface area (TPSA) is 92.7 Å². The molecule has 0 aromatic heterocycles. The highest BCUT2D eigenvalue weighted by molar-refractivity contribution is 7.92. The van der Waals surface area contributed by atoms with Crippen LogP contribution in [0.25, 0.3) is 0 Å². The summed E-state index contributed by atoms with van der Waals surface area (Å²) in [6.07, 6.45) is 0. The zero-order chi connectivity index (χ0) is 16.3. The minimum absolute atomic E-state index is 0.00959. The molecule has 7 heteroatoms. The molecule has 0 aliphatic heterocycles. The van der Waals surface area contributed by atoms with Crippen molar-refractivity contribution in [3.8, 4) is 5.75 Å². The van der Waals surface area contributed by atoms with Crippen LogP contribution in [0.1, 0.15) is 15.9 Å². The van der Waals surface area contributed by atoms with Crippen LogP contribution in [0.15, 0.2) is 47.4 Å². The summed E-state index contributed by atoms with van der Waals surface area (Å²) in [4.78, 5) is 11.1. The van der Waals surface area contributed by atoms with E-state index >= 15 is 0 Å². The SMILES string of the molecule is COc1cc(C(=O)O)ccc1NS(=O)(=O)c1cccc(C)c1. The predicted molar refractivity (Wildman–Crippen MR) is 81.9 cm³/mol. The van der Waals surface area contributed by atoms with Crippen LogP contribution in [0.5, 0.6) is 5.75 Å². The first-order valence-corrected chi connectivity index (χ1v) is 7.82. The number of sulfonamides is 1. The van der Waals surface area contributed by atoms with E-state index in [0.29, 0.717) is 0 Å². The van der Waals surface area contributed by atoms with Crippen LogP contribution in [0.4, 0.5) is 5.69 Å². The zero-order valence-electron chi connectivity index (χ0n) is 12.0. The summed E-state index contributed by atoms with van der Waals surface area (Å²) in [5.41, 5.74) is 1.00. The van der Waals surface area contributed by atoms with E-state index < -0.39 is 16.0 Å². The molecule has 0 bridgehead atoms. The van der Waals surface area contributed by atoms with Gasteiger partial charge >= 0.3 is 5.97 Å². The lowest BCUT2D eigenvalue weighted by Gasteiger charge is -2.12. The van der Waals surface area contributed by atoms with Crippen LogP contribution in [0, 0.1) is 6.92 Å². The Kier molecular flexibility index (Phi) is 4.37. The Labute approximate surface area is 128 Å². The normalized spacial score (nSPS) is 11.0. The summed E-state index contributed by atoms with van der Waals surface area (Å²) in [6, 6.07) is 10.4. The van der Waals surface area contributed by atoms with Crippen molar-refractivity contribution in [3.63, 3.8) is 0 Å². The molecule has 2 N–H and O–H groups in total. The monoisotopic (exact) mass is 321 g/mol. The van der Waals surface area contributed by atoms with Gasteiger partial charge in [0.25, 0.3) is 10.0 Å². The number of hydrogen-bond donors (Lipinski definition) is 2. The quantitative estimate of drug-likeness (QED) is 0.882. The molecule has 0 radical (unpaired) electrons. The highest BCUT2D eigenvalue weighted by Crippen LogP contribution is 2.28. The number of methoxy groups -OCH3 is 1. The Balaban J connectivity index is 2.39. The summed E-state index contributed by atoms with van der Waals surface area (Å²) >= 11 is 0. The third-order valence-corrected chi connectivity index (χ3v) is 4.36. The molecule has 0 unspecified atom stereocenters. The number of ether oxygens (including phenoxy) is 1. The van der Waals surface area contributed by atoms with E-state index in [1.807, 2.05) is 0 Å². The van der Waals surface area contributed by atoms with Gasteiger partial charge in [-0.25, -0.2) is 13.2 Å². The fourth-order valence-corrected chi connectivity index (χ4v) is 3.07. The van der Waals surface area contributed by atoms with Gasteiger partial charge in [0.15, 0.2) is 0 Å². The lowest BCUT2D eigenvalue weighted by Crippen LogP contribution is -2.14. The van der Waals surface area contributed by atoms with Gasteiger partial charge in [0.2, 0.25) is 0 Å². The second kappa shape index (κ2) is 6.07. The molecule has 6 nitrogen and oxygen atoms in total. The van der Waals surface area contributed by atoms with E-state index in [2.05, 4.69) is 4.72 Å². The molecule has 0 fully saturated rings. The highest BCUT2D eigenvalue weighted by atomic mass is 32.2. The number of benzene rings is 2. The molecular weight excluding hydrogens is 306 g/mol. The number of hydrogen-bond acceptors (Lipinski definition) is 4. The van der Waals surface area contributed by atoms with Crippen LogP contribution >= 0.6 is 0 Å². The van der Waals surface area contributed by atoms with Crippen molar-refractivity contribution in [3.05, 3.63) is 53.6 Å². The van der Waals surface area contributed by atoms with Crippen molar-refractivity contribution >= 4 is 21.7 Å². The molecule has 0 spiro atoms. The van der Waals surface area contributed by atoms with E-state index in [-0.39, 0.29) is 21.9 Å². The number of rotatable bonds is 5. The first-order valence-electron chi connectivity index (χ1n) is 6.34. The van der Waals surface area contributed by atoms with E-state index in [1.165, 1.54) is 31.4 Å². The second-order valence-electron chi connectivity index (χ2n) is 4.64. The maximum absolute atomic E-state index is 12.4. The van der Waals surface area contributed by atoms with Gasteiger partial charge in [-0.2, -0.15) is 0 Å². The van der Waals surface area contributed by atoms with Crippen LogP contribution in [0.2, 0.25) is 0 Å². The van der Waals surface area contributed by atoms with Gasteiger partial charge in [-0.15, -0.1) is 0 Å². The Morgan fingerprint density at radius 3 is 2.50 bits per heavy atom. The zero-order valence-corrected chi connectivity index (χ0v) is 12.8. The lowest BCUT2D eigenvalue weighted by atomic mass is 10.2. The van der Waals surface area contributed by atoms with Crippen molar-refractivity contribution in [2.24, 2.45) is 0 Å². The largest absolute Gasteiger partial charge is 0.495 e. The molecule has 2 aromatic rings. The van der Waals surface area contributed by atoms with Gasteiger partial charge < -0.3 is 9.84 Å². The Morgan fingerprint density at radius 1 is 1.18 bits per heavy atom. The minimum atomic E-state index is -3.78. The van der Waals surface area contributed by atoms with Crippen molar-refractivity contribution < 1.29 is 23.1 Å². The van der Waals surface area contributed by atoms with Crippen molar-refractivity contribution in [2.45, 2.75) is 11.8 Å². The van der Waals surface area contributed by atoms with Crippen molar-refractivity contribution in [2.75, 3.05) is 11.8 Å². The summed E-state index contributed by atoms with van der Waals surface area (Å²) in [7, 11) is -2.44. The summed E-state index contributed by atoms with van der Waals surface area (Å²) in [5, 5.41) is 8.94. The number of nitrogens with one attached hydrogen (secondary N) is 1. The summed E-state index contributed by atoms with van der Waals surface area (Å²) in [6.45, 7) is 1.79. The molecule has 0 amide bonds. The van der Waals surface area contributed by atoms with Crippen LogP contribution in [0.3, 0.4) is 0 Å². The van der Waals surface area contributed by atoms with Gasteiger partial charge in [-0.3, -0.25) is 4.72 Å². The maximum atomic E-state index is 12.4. The lowest BCUT2D eigenvalue weighted by molar-refractivity contribution is 0.0696. The van der Waals surface area contributed by atoms with Gasteiger partial charge in [0.1, 0.15) is 5.75 Å².